The summed E-state index contributed by atoms with van der Waals surface area (Å²) in [5.41, 5.74) is 3.92. The molecule has 0 spiro atoms. The number of aryl methyl sites for hydroxylation is 1. The van der Waals surface area contributed by atoms with Gasteiger partial charge in [-0.3, -0.25) is 9.59 Å². The minimum Gasteiger partial charge on any atom is -0.394 e. The zero-order chi connectivity index (χ0) is 29.9. The molecule has 2 amide bonds. The molecule has 42 heavy (non-hydrogen) atoms. The Morgan fingerprint density at radius 1 is 1.12 bits per heavy atom. The Morgan fingerprint density at radius 3 is 2.52 bits per heavy atom. The lowest BCUT2D eigenvalue weighted by atomic mass is 9.93. The van der Waals surface area contributed by atoms with Crippen LogP contribution < -0.4 is 10.6 Å². The Morgan fingerprint density at radius 2 is 1.86 bits per heavy atom. The number of halogens is 1. The summed E-state index contributed by atoms with van der Waals surface area (Å²) in [5.74, 6) is 0.00161. The van der Waals surface area contributed by atoms with E-state index < -0.39 is 14.5 Å². The van der Waals surface area contributed by atoms with Crippen molar-refractivity contribution in [1.82, 2.24) is 10.2 Å². The summed E-state index contributed by atoms with van der Waals surface area (Å²) in [6.45, 7) is 7.58. The molecule has 3 aliphatic heterocycles. The number of benzene rings is 2. The average molecular weight is 596 g/mol. The third-order valence-electron chi connectivity index (χ3n) is 9.56. The Bertz CT molecular complexity index is 1230. The number of hydrogen-bond donors (Lipinski definition) is 3. The number of aliphatic hydroxyl groups excluding tert-OH is 1. The van der Waals surface area contributed by atoms with Crippen LogP contribution in [0, 0.1) is 11.8 Å². The Labute approximate surface area is 250 Å². The first-order valence-corrected chi connectivity index (χ1v) is 18.5. The maximum absolute atomic E-state index is 15.7. The fourth-order valence-corrected chi connectivity index (χ4v) is 9.84. The van der Waals surface area contributed by atoms with Crippen LogP contribution in [-0.4, -0.2) is 68.2 Å². The van der Waals surface area contributed by atoms with Gasteiger partial charge in [0.2, 0.25) is 20.2 Å². The summed E-state index contributed by atoms with van der Waals surface area (Å²) < 4.78 is 22.2. The van der Waals surface area contributed by atoms with Crippen molar-refractivity contribution in [1.29, 1.82) is 0 Å². The van der Waals surface area contributed by atoms with Crippen LogP contribution in [0.15, 0.2) is 48.5 Å². The number of piperidine rings is 1. The fraction of sp³-hybridized carbons (Fsp3) is 0.576. The van der Waals surface area contributed by atoms with Gasteiger partial charge in [0.15, 0.2) is 0 Å². The maximum atomic E-state index is 15.7. The first-order valence-electron chi connectivity index (χ1n) is 15.6. The molecule has 228 valence electrons. The predicted molar refractivity (Wildman–Crippen MR) is 165 cm³/mol. The van der Waals surface area contributed by atoms with E-state index in [0.29, 0.717) is 13.0 Å². The van der Waals surface area contributed by atoms with Gasteiger partial charge in [0.05, 0.1) is 37.2 Å². The van der Waals surface area contributed by atoms with Crippen molar-refractivity contribution in [3.63, 3.8) is 0 Å². The summed E-state index contributed by atoms with van der Waals surface area (Å²) >= 11 is 0. The largest absolute Gasteiger partial charge is 0.394 e. The lowest BCUT2D eigenvalue weighted by molar-refractivity contribution is -0.138. The van der Waals surface area contributed by atoms with Crippen LogP contribution in [0.3, 0.4) is 0 Å². The monoisotopic (exact) mass is 595 g/mol. The fourth-order valence-electron chi connectivity index (χ4n) is 7.29. The van der Waals surface area contributed by atoms with Crippen molar-refractivity contribution >= 4 is 25.9 Å². The van der Waals surface area contributed by atoms with Gasteiger partial charge in [0, 0.05) is 24.3 Å². The maximum Gasteiger partial charge on any atom is 0.246 e. The van der Waals surface area contributed by atoms with E-state index in [2.05, 4.69) is 23.6 Å². The second-order valence-corrected chi connectivity index (χ2v) is 16.8. The lowest BCUT2D eigenvalue weighted by Gasteiger charge is -2.37. The standard InChI is InChI=1S/C33H46FN3O4Si/c1-22-29(15-12-23-10-13-27(14-11-23)36-33(40)25-9-6-16-35-19-25)41-30(32(22)42(2,3)34)18-31(39)37-20-26-8-5-4-7-24(26)17-28(37)21-38/h4-5,7-8,10-11,13-14,22,25,28-30,32,35,38H,6,9,12,15-21H2,1-3H3,(H,36,40)/t22-,25?,28+,29+,30-,32+/m1/s1. The topological polar surface area (TPSA) is 90.9 Å². The number of anilines is 1. The lowest BCUT2D eigenvalue weighted by Crippen LogP contribution is -2.48. The second kappa shape index (κ2) is 13.4. The molecular formula is C33H46FN3O4Si. The van der Waals surface area contributed by atoms with Crippen LogP contribution >= 0.6 is 0 Å². The van der Waals surface area contributed by atoms with Crippen LogP contribution in [0.1, 0.15) is 49.3 Å². The number of aliphatic hydroxyl groups is 1. The molecule has 0 bridgehead atoms. The molecule has 3 N–H and O–H groups in total. The molecule has 9 heteroatoms. The van der Waals surface area contributed by atoms with Crippen molar-refractivity contribution in [2.24, 2.45) is 11.8 Å². The Kier molecular flexibility index (Phi) is 9.82. The second-order valence-electron chi connectivity index (χ2n) is 13.0. The van der Waals surface area contributed by atoms with E-state index in [9.17, 15) is 14.7 Å². The molecule has 0 aliphatic carbocycles. The van der Waals surface area contributed by atoms with E-state index >= 15 is 4.11 Å². The minimum absolute atomic E-state index is 0.00727. The van der Waals surface area contributed by atoms with Crippen molar-refractivity contribution in [3.05, 3.63) is 65.2 Å². The zero-order valence-electron chi connectivity index (χ0n) is 25.2. The van der Waals surface area contributed by atoms with E-state index in [1.165, 1.54) is 5.56 Å². The summed E-state index contributed by atoms with van der Waals surface area (Å²) in [4.78, 5) is 27.9. The van der Waals surface area contributed by atoms with Crippen LogP contribution in [-0.2, 0) is 33.7 Å². The molecule has 0 aromatic heterocycles. The summed E-state index contributed by atoms with van der Waals surface area (Å²) in [7, 11) is -3.13. The highest BCUT2D eigenvalue weighted by molar-refractivity contribution is 6.72. The van der Waals surface area contributed by atoms with Crippen molar-refractivity contribution in [2.75, 3.05) is 25.0 Å². The van der Waals surface area contributed by atoms with Gasteiger partial charge in [0.1, 0.15) is 0 Å². The Hall–Kier alpha value is -2.59. The molecule has 2 fully saturated rings. The Balaban J connectivity index is 1.19. The number of amides is 2. The third-order valence-corrected chi connectivity index (χ3v) is 12.0. The van der Waals surface area contributed by atoms with Gasteiger partial charge in [-0.2, -0.15) is 0 Å². The van der Waals surface area contributed by atoms with E-state index in [-0.39, 0.29) is 54.4 Å². The molecule has 7 nitrogen and oxygen atoms in total. The minimum atomic E-state index is -3.13. The average Bonchev–Trinajstić information content (AvgIpc) is 3.31. The smallest absolute Gasteiger partial charge is 0.246 e. The van der Waals surface area contributed by atoms with E-state index in [0.717, 1.165) is 55.6 Å². The van der Waals surface area contributed by atoms with Gasteiger partial charge in [0.25, 0.3) is 0 Å². The number of nitrogens with zero attached hydrogens (tertiary/aromatic N) is 1. The van der Waals surface area contributed by atoms with Crippen molar-refractivity contribution in [2.45, 2.75) is 88.9 Å². The van der Waals surface area contributed by atoms with Gasteiger partial charge < -0.3 is 29.5 Å². The normalized spacial score (nSPS) is 27.9. The molecule has 0 radical (unpaired) electrons. The van der Waals surface area contributed by atoms with Crippen molar-refractivity contribution in [3.8, 4) is 0 Å². The molecule has 6 atom stereocenters. The number of hydrogen-bond acceptors (Lipinski definition) is 5. The number of ether oxygens (including phenoxy) is 1. The van der Waals surface area contributed by atoms with E-state index in [4.69, 9.17) is 4.74 Å². The van der Waals surface area contributed by atoms with E-state index in [1.807, 2.05) is 42.5 Å². The van der Waals surface area contributed by atoms with Gasteiger partial charge in [-0.1, -0.05) is 43.3 Å². The molecule has 2 aromatic rings. The van der Waals surface area contributed by atoms with Crippen LogP contribution in [0.4, 0.5) is 9.80 Å². The van der Waals surface area contributed by atoms with Gasteiger partial charge >= 0.3 is 0 Å². The summed E-state index contributed by atoms with van der Waals surface area (Å²) in [5, 5.41) is 16.4. The summed E-state index contributed by atoms with van der Waals surface area (Å²) in [6, 6.07) is 15.7. The molecule has 5 rings (SSSR count). The predicted octanol–water partition coefficient (Wildman–Crippen LogP) is 4.84. The number of fused-ring (bicyclic) bond motifs is 1. The number of carbonyl (C=O) groups excluding carboxylic acids is 2. The first-order chi connectivity index (χ1) is 20.1. The van der Waals surface area contributed by atoms with E-state index in [1.54, 1.807) is 18.0 Å². The molecule has 3 heterocycles. The molecule has 0 saturated carbocycles. The SMILES string of the molecule is C[C@H]1[C@H]([Si](C)(C)F)[C@@H](CC(=O)N2Cc3ccccc3C[C@H]2CO)O[C@H]1CCc1ccc(NC(=O)C2CCCNC2)cc1. The zero-order valence-corrected chi connectivity index (χ0v) is 26.2. The third kappa shape index (κ3) is 7.13. The molecular weight excluding hydrogens is 549 g/mol. The summed E-state index contributed by atoms with van der Waals surface area (Å²) in [6.07, 6.45) is 3.60. The molecule has 2 saturated heterocycles. The van der Waals surface area contributed by atoms with Crippen LogP contribution in [0.5, 0.6) is 0 Å². The highest BCUT2D eigenvalue weighted by Crippen LogP contribution is 2.47. The van der Waals surface area contributed by atoms with Gasteiger partial charge in [-0.05, 0) is 86.5 Å². The van der Waals surface area contributed by atoms with Crippen molar-refractivity contribution < 1.29 is 23.5 Å². The first kappa shape index (κ1) is 30.9. The highest BCUT2D eigenvalue weighted by Gasteiger charge is 2.52. The van der Waals surface area contributed by atoms with Gasteiger partial charge in [-0.25, -0.2) is 0 Å². The van der Waals surface area contributed by atoms with Crippen LogP contribution in [0.2, 0.25) is 18.6 Å². The molecule has 3 aliphatic rings. The number of rotatable bonds is 9. The quantitative estimate of drug-likeness (QED) is 0.285. The molecule has 2 aromatic carbocycles. The van der Waals surface area contributed by atoms with Gasteiger partial charge in [-0.15, -0.1) is 0 Å². The van der Waals surface area contributed by atoms with Crippen LogP contribution in [0.25, 0.3) is 0 Å². The number of nitrogens with one attached hydrogen (secondary N) is 2. The molecule has 1 unspecified atom stereocenters. The number of carbonyl (C=O) groups is 2. The highest BCUT2D eigenvalue weighted by atomic mass is 28.4.